The number of likely N-dealkylation sites (N-methyl/N-ethyl adjacent to an activating group) is 1. The molecule has 1 amide bonds. The van der Waals surface area contributed by atoms with Crippen LogP contribution >= 0.6 is 0 Å². The van der Waals surface area contributed by atoms with E-state index in [4.69, 9.17) is 4.74 Å². The van der Waals surface area contributed by atoms with Gasteiger partial charge in [-0.3, -0.25) is 4.79 Å². The zero-order valence-electron chi connectivity index (χ0n) is 18.2. The molecule has 2 aromatic carbocycles. The molecule has 0 aliphatic rings. The Hall–Kier alpha value is -4.37. The van der Waals surface area contributed by atoms with Crippen molar-refractivity contribution in [3.8, 4) is 34.1 Å². The summed E-state index contributed by atoms with van der Waals surface area (Å²) in [5.41, 5.74) is 5.86. The predicted molar refractivity (Wildman–Crippen MR) is 126 cm³/mol. The number of rotatable bonds is 5. The van der Waals surface area contributed by atoms with Crippen molar-refractivity contribution < 1.29 is 9.53 Å². The van der Waals surface area contributed by atoms with Gasteiger partial charge in [-0.25, -0.2) is 4.98 Å². The SMILES string of the molecule is C=CC(=O)N(C)c1cc(OC)cc(-c2cnc3c(c2)c(-c2cccc(C#N)c2)cn3C)c1. The molecule has 4 aromatic rings. The van der Waals surface area contributed by atoms with Crippen molar-refractivity contribution in [2.45, 2.75) is 0 Å². The highest BCUT2D eigenvalue weighted by atomic mass is 16.5. The maximum absolute atomic E-state index is 12.1. The minimum Gasteiger partial charge on any atom is -0.497 e. The van der Waals surface area contributed by atoms with Crippen molar-refractivity contribution in [1.82, 2.24) is 9.55 Å². The molecule has 0 atom stereocenters. The Balaban J connectivity index is 1.88. The van der Waals surface area contributed by atoms with Crippen molar-refractivity contribution in [3.05, 3.63) is 79.1 Å². The fraction of sp³-hybridized carbons (Fsp3) is 0.115. The maximum atomic E-state index is 12.1. The summed E-state index contributed by atoms with van der Waals surface area (Å²) in [6.45, 7) is 3.56. The molecule has 0 aliphatic heterocycles. The zero-order chi connectivity index (χ0) is 22.8. The third-order valence-corrected chi connectivity index (χ3v) is 5.47. The number of hydrogen-bond donors (Lipinski definition) is 0. The zero-order valence-corrected chi connectivity index (χ0v) is 18.2. The number of ether oxygens (including phenoxy) is 1. The third-order valence-electron chi connectivity index (χ3n) is 5.47. The minimum atomic E-state index is -0.208. The number of amides is 1. The van der Waals surface area contributed by atoms with Crippen molar-refractivity contribution in [3.63, 3.8) is 0 Å². The Morgan fingerprint density at radius 3 is 2.72 bits per heavy atom. The molecule has 6 heteroatoms. The molecule has 0 aliphatic carbocycles. The molecule has 0 N–H and O–H groups in total. The van der Waals surface area contributed by atoms with Gasteiger partial charge in [-0.05, 0) is 47.5 Å². The highest BCUT2D eigenvalue weighted by molar-refractivity contribution is 6.01. The third kappa shape index (κ3) is 3.72. The Kier molecular flexibility index (Phi) is 5.48. The minimum absolute atomic E-state index is 0.208. The van der Waals surface area contributed by atoms with E-state index < -0.39 is 0 Å². The molecular weight excluding hydrogens is 400 g/mol. The van der Waals surface area contributed by atoms with Gasteiger partial charge in [-0.2, -0.15) is 5.26 Å². The van der Waals surface area contributed by atoms with Gasteiger partial charge in [0, 0.05) is 54.8 Å². The number of pyridine rings is 1. The first-order chi connectivity index (χ1) is 15.4. The van der Waals surface area contributed by atoms with Crippen LogP contribution in [0.1, 0.15) is 5.56 Å². The number of benzene rings is 2. The Morgan fingerprint density at radius 2 is 2.00 bits per heavy atom. The van der Waals surface area contributed by atoms with Crippen LogP contribution in [-0.2, 0) is 11.8 Å². The molecule has 0 fully saturated rings. The lowest BCUT2D eigenvalue weighted by molar-refractivity contribution is -0.113. The smallest absolute Gasteiger partial charge is 0.250 e. The second kappa shape index (κ2) is 8.40. The molecule has 0 spiro atoms. The van der Waals surface area contributed by atoms with Crippen molar-refractivity contribution in [1.29, 1.82) is 5.26 Å². The summed E-state index contributed by atoms with van der Waals surface area (Å²) in [4.78, 5) is 18.3. The second-order valence-electron chi connectivity index (χ2n) is 7.46. The summed E-state index contributed by atoms with van der Waals surface area (Å²) in [6.07, 6.45) is 5.11. The van der Waals surface area contributed by atoms with E-state index in [1.54, 1.807) is 26.3 Å². The first-order valence-electron chi connectivity index (χ1n) is 10.0. The van der Waals surface area contributed by atoms with E-state index in [1.165, 1.54) is 11.0 Å². The van der Waals surface area contributed by atoms with E-state index in [2.05, 4.69) is 23.7 Å². The average Bonchev–Trinajstić information content (AvgIpc) is 3.18. The normalized spacial score (nSPS) is 10.6. The number of nitriles is 1. The van der Waals surface area contributed by atoms with Crippen LogP contribution < -0.4 is 9.64 Å². The number of nitrogens with zero attached hydrogens (tertiary/aromatic N) is 4. The topological polar surface area (TPSA) is 71.2 Å². The fourth-order valence-corrected chi connectivity index (χ4v) is 3.73. The second-order valence-corrected chi connectivity index (χ2v) is 7.46. The molecule has 32 heavy (non-hydrogen) atoms. The average molecular weight is 422 g/mol. The van der Waals surface area contributed by atoms with Crippen molar-refractivity contribution >= 4 is 22.6 Å². The summed E-state index contributed by atoms with van der Waals surface area (Å²) in [5.74, 6) is 0.428. The summed E-state index contributed by atoms with van der Waals surface area (Å²) in [6, 6.07) is 17.4. The van der Waals surface area contributed by atoms with Crippen LogP contribution in [0.2, 0.25) is 0 Å². The Bertz CT molecular complexity index is 1390. The number of aromatic nitrogens is 2. The number of anilines is 1. The van der Waals surface area contributed by atoms with Gasteiger partial charge in [0.05, 0.1) is 18.7 Å². The van der Waals surface area contributed by atoms with Gasteiger partial charge < -0.3 is 14.2 Å². The molecule has 6 nitrogen and oxygen atoms in total. The van der Waals surface area contributed by atoms with Crippen molar-refractivity contribution in [2.75, 3.05) is 19.1 Å². The number of hydrogen-bond acceptors (Lipinski definition) is 4. The Morgan fingerprint density at radius 1 is 1.19 bits per heavy atom. The first-order valence-corrected chi connectivity index (χ1v) is 10.0. The maximum Gasteiger partial charge on any atom is 0.250 e. The van der Waals surface area contributed by atoms with Gasteiger partial charge in [-0.1, -0.05) is 18.7 Å². The monoisotopic (exact) mass is 422 g/mol. The molecule has 158 valence electrons. The number of aryl methyl sites for hydroxylation is 1. The molecule has 2 heterocycles. The lowest BCUT2D eigenvalue weighted by Gasteiger charge is -2.18. The number of carbonyl (C=O) groups is 1. The van der Waals surface area contributed by atoms with Crippen LogP contribution in [0.3, 0.4) is 0 Å². The van der Waals surface area contributed by atoms with E-state index in [0.717, 1.165) is 33.3 Å². The standard InChI is InChI=1S/C26H22N4O2/c1-5-25(31)30(3)21-10-19(11-22(13-21)32-4)20-12-23-24(16-29(2)26(23)28-15-20)18-8-6-7-17(9-18)14-27/h5-13,15-16H,1H2,2-4H3. The van der Waals surface area contributed by atoms with Crippen LogP contribution in [-0.4, -0.2) is 29.6 Å². The van der Waals surface area contributed by atoms with Gasteiger partial charge in [-0.15, -0.1) is 0 Å². The van der Waals surface area contributed by atoms with Crippen LogP contribution in [0.15, 0.2) is 73.6 Å². The molecule has 0 unspecified atom stereocenters. The molecule has 0 radical (unpaired) electrons. The molecular formula is C26H22N4O2. The van der Waals surface area contributed by atoms with Crippen LogP contribution in [0.4, 0.5) is 5.69 Å². The van der Waals surface area contributed by atoms with E-state index in [-0.39, 0.29) is 5.91 Å². The summed E-state index contributed by atoms with van der Waals surface area (Å²) in [7, 11) is 5.24. The van der Waals surface area contributed by atoms with E-state index in [0.29, 0.717) is 17.0 Å². The number of fused-ring (bicyclic) bond motifs is 1. The first kappa shape index (κ1) is 20.9. The van der Waals surface area contributed by atoms with E-state index >= 15 is 0 Å². The molecule has 2 aromatic heterocycles. The summed E-state index contributed by atoms with van der Waals surface area (Å²) in [5, 5.41) is 10.3. The van der Waals surface area contributed by atoms with Gasteiger partial charge >= 0.3 is 0 Å². The molecule has 0 bridgehead atoms. The molecule has 0 saturated carbocycles. The Labute approximate surface area is 186 Å². The number of methoxy groups -OCH3 is 1. The lowest BCUT2D eigenvalue weighted by Crippen LogP contribution is -2.23. The lowest BCUT2D eigenvalue weighted by atomic mass is 10.0. The van der Waals surface area contributed by atoms with Gasteiger partial charge in [0.2, 0.25) is 5.91 Å². The van der Waals surface area contributed by atoms with Crippen LogP contribution in [0, 0.1) is 11.3 Å². The quantitative estimate of drug-likeness (QED) is 0.427. The van der Waals surface area contributed by atoms with E-state index in [1.807, 2.05) is 54.3 Å². The molecule has 0 saturated heterocycles. The van der Waals surface area contributed by atoms with Gasteiger partial charge in [0.1, 0.15) is 11.4 Å². The van der Waals surface area contributed by atoms with Crippen molar-refractivity contribution in [2.24, 2.45) is 7.05 Å². The van der Waals surface area contributed by atoms with Crippen LogP contribution in [0.25, 0.3) is 33.3 Å². The van der Waals surface area contributed by atoms with Crippen LogP contribution in [0.5, 0.6) is 5.75 Å². The number of carbonyl (C=O) groups excluding carboxylic acids is 1. The molecule has 4 rings (SSSR count). The summed E-state index contributed by atoms with van der Waals surface area (Å²) >= 11 is 0. The van der Waals surface area contributed by atoms with E-state index in [9.17, 15) is 10.1 Å². The highest BCUT2D eigenvalue weighted by Gasteiger charge is 2.15. The largest absolute Gasteiger partial charge is 0.497 e. The fourth-order valence-electron chi connectivity index (χ4n) is 3.73. The predicted octanol–water partition coefficient (Wildman–Crippen LogP) is 4.94. The summed E-state index contributed by atoms with van der Waals surface area (Å²) < 4.78 is 7.45. The van der Waals surface area contributed by atoms with Gasteiger partial charge in [0.15, 0.2) is 0 Å². The van der Waals surface area contributed by atoms with Gasteiger partial charge in [0.25, 0.3) is 0 Å². The highest BCUT2D eigenvalue weighted by Crippen LogP contribution is 2.35.